The molecule has 0 unspecified atom stereocenters. The first-order valence-electron chi connectivity index (χ1n) is 11.3. The number of fused-ring (bicyclic) bond motifs is 1. The lowest BCUT2D eigenvalue weighted by Gasteiger charge is -2.47. The number of ether oxygens (including phenoxy) is 1. The summed E-state index contributed by atoms with van der Waals surface area (Å²) in [5.74, 6) is 0.774. The van der Waals surface area contributed by atoms with Crippen molar-refractivity contribution in [1.82, 2.24) is 15.5 Å². The fraction of sp³-hybridized carbons (Fsp3) is 0.542. The predicted molar refractivity (Wildman–Crippen MR) is 117 cm³/mol. The van der Waals surface area contributed by atoms with Crippen LogP contribution in [-0.2, 0) is 4.79 Å². The number of methoxy groups -OCH3 is 1. The Bertz CT molecular complexity index is 991. The van der Waals surface area contributed by atoms with E-state index >= 15 is 0 Å². The van der Waals surface area contributed by atoms with Gasteiger partial charge in [-0.05, 0) is 68.2 Å². The number of hydrogen-bond acceptors (Lipinski definition) is 6. The molecule has 2 aliphatic carbocycles. The summed E-state index contributed by atoms with van der Waals surface area (Å²) >= 11 is 0. The van der Waals surface area contributed by atoms with E-state index in [1.165, 1.54) is 0 Å². The van der Waals surface area contributed by atoms with Crippen molar-refractivity contribution in [3.8, 4) is 5.75 Å². The molecule has 2 heterocycles. The fourth-order valence-corrected chi connectivity index (χ4v) is 5.42. The molecule has 0 bridgehead atoms. The van der Waals surface area contributed by atoms with Crippen LogP contribution in [0.5, 0.6) is 5.75 Å². The Hall–Kier alpha value is -2.71. The van der Waals surface area contributed by atoms with Crippen LogP contribution in [0.2, 0.25) is 0 Å². The molecule has 5 rings (SSSR count). The molecule has 0 aromatic heterocycles. The molecule has 170 valence electrons. The topological polar surface area (TPSA) is 108 Å². The van der Waals surface area contributed by atoms with E-state index in [1.54, 1.807) is 19.2 Å². The van der Waals surface area contributed by atoms with Crippen molar-refractivity contribution in [2.45, 2.75) is 55.7 Å². The van der Waals surface area contributed by atoms with Crippen LogP contribution in [0.1, 0.15) is 54.4 Å². The highest BCUT2D eigenvalue weighted by molar-refractivity contribution is 6.07. The van der Waals surface area contributed by atoms with Gasteiger partial charge in [0, 0.05) is 18.7 Å². The number of nitrogens with one attached hydrogen (secondary N) is 2. The van der Waals surface area contributed by atoms with Gasteiger partial charge in [0.2, 0.25) is 0 Å². The van der Waals surface area contributed by atoms with Crippen molar-refractivity contribution in [3.63, 3.8) is 0 Å². The van der Waals surface area contributed by atoms with Crippen LogP contribution in [0.3, 0.4) is 0 Å². The number of amides is 3. The highest BCUT2D eigenvalue weighted by Crippen LogP contribution is 2.42. The van der Waals surface area contributed by atoms with Crippen LogP contribution < -0.4 is 15.4 Å². The second kappa shape index (κ2) is 7.71. The lowest BCUT2D eigenvalue weighted by molar-refractivity contribution is -0.129. The van der Waals surface area contributed by atoms with Gasteiger partial charge < -0.3 is 15.2 Å². The number of benzene rings is 1. The van der Waals surface area contributed by atoms with Gasteiger partial charge in [-0.25, -0.2) is 4.79 Å². The van der Waals surface area contributed by atoms with Gasteiger partial charge in [0.05, 0.1) is 12.7 Å². The highest BCUT2D eigenvalue weighted by atomic mass is 16.5. The SMILES string of the molecule is COc1ccc2c(c1)/C=C/CN(CC1CC1)[C@@H]([C@]1(O)CC[C@@]3(CC1)NC(=O)NC3=O)C2=O. The molecule has 2 saturated carbocycles. The van der Waals surface area contributed by atoms with Crippen molar-refractivity contribution < 1.29 is 24.2 Å². The van der Waals surface area contributed by atoms with E-state index in [0.29, 0.717) is 36.6 Å². The zero-order chi connectivity index (χ0) is 22.5. The van der Waals surface area contributed by atoms with Crippen molar-refractivity contribution in [3.05, 3.63) is 35.4 Å². The normalized spacial score (nSPS) is 33.8. The van der Waals surface area contributed by atoms with E-state index < -0.39 is 23.2 Å². The van der Waals surface area contributed by atoms with Crippen LogP contribution in [0, 0.1) is 5.92 Å². The molecule has 3 amide bonds. The number of rotatable bonds is 4. The number of nitrogens with zero attached hydrogens (tertiary/aromatic N) is 1. The average Bonchev–Trinajstić information content (AvgIpc) is 3.53. The van der Waals surface area contributed by atoms with Gasteiger partial charge in [0.1, 0.15) is 17.3 Å². The molecule has 1 spiro atoms. The second-order valence-corrected chi connectivity index (χ2v) is 9.61. The molecule has 3 fully saturated rings. The molecule has 1 aromatic carbocycles. The van der Waals surface area contributed by atoms with E-state index in [2.05, 4.69) is 15.5 Å². The minimum atomic E-state index is -1.28. The zero-order valence-corrected chi connectivity index (χ0v) is 18.2. The minimum absolute atomic E-state index is 0.106. The Morgan fingerprint density at radius 3 is 2.53 bits per heavy atom. The van der Waals surface area contributed by atoms with Crippen LogP contribution in [0.15, 0.2) is 24.3 Å². The van der Waals surface area contributed by atoms with Crippen molar-refractivity contribution in [1.29, 1.82) is 0 Å². The molecule has 0 radical (unpaired) electrons. The maximum Gasteiger partial charge on any atom is 0.322 e. The number of Topliss-reactive ketones (excluding diaryl/α,β-unsaturated/α-hetero) is 1. The van der Waals surface area contributed by atoms with E-state index in [0.717, 1.165) is 24.9 Å². The summed E-state index contributed by atoms with van der Waals surface area (Å²) in [6, 6.07) is 4.18. The molecular formula is C24H29N3O5. The Balaban J connectivity index is 1.48. The van der Waals surface area contributed by atoms with E-state index in [1.807, 2.05) is 18.2 Å². The smallest absolute Gasteiger partial charge is 0.322 e. The summed E-state index contributed by atoms with van der Waals surface area (Å²) in [6.07, 6.45) is 7.38. The van der Waals surface area contributed by atoms with Gasteiger partial charge in [0.25, 0.3) is 5.91 Å². The third kappa shape index (κ3) is 3.61. The monoisotopic (exact) mass is 439 g/mol. The van der Waals surface area contributed by atoms with Crippen molar-refractivity contribution in [2.75, 3.05) is 20.2 Å². The molecule has 32 heavy (non-hydrogen) atoms. The van der Waals surface area contributed by atoms with Gasteiger partial charge in [-0.3, -0.25) is 19.8 Å². The molecule has 1 atom stereocenters. The van der Waals surface area contributed by atoms with Crippen LogP contribution >= 0.6 is 0 Å². The fourth-order valence-electron chi connectivity index (χ4n) is 5.42. The van der Waals surface area contributed by atoms with Crippen molar-refractivity contribution >= 4 is 23.8 Å². The first kappa shape index (κ1) is 21.2. The standard InChI is InChI=1S/C24H29N3O5/c1-32-17-6-7-18-16(13-17)3-2-12-27(14-15-4-5-15)20(19(18)28)24(31)10-8-23(9-11-24)21(29)25-22(30)26-23/h2-3,6-7,13,15,20,31H,4-5,8-12,14H2,1H3,(H2,25,26,29,30)/b3-2+/t20-,23-,24-/m1/s1. The lowest BCUT2D eigenvalue weighted by Crippen LogP contribution is -2.62. The number of hydrogen-bond donors (Lipinski definition) is 3. The van der Waals surface area contributed by atoms with Gasteiger partial charge in [-0.2, -0.15) is 0 Å². The number of imide groups is 1. The first-order chi connectivity index (χ1) is 15.3. The Kier molecular flexibility index (Phi) is 5.09. The van der Waals surface area contributed by atoms with Crippen LogP contribution in [-0.4, -0.2) is 65.1 Å². The Labute approximate surface area is 187 Å². The van der Waals surface area contributed by atoms with Gasteiger partial charge in [-0.1, -0.05) is 12.2 Å². The zero-order valence-electron chi connectivity index (χ0n) is 18.2. The van der Waals surface area contributed by atoms with Crippen molar-refractivity contribution in [2.24, 2.45) is 5.92 Å². The minimum Gasteiger partial charge on any atom is -0.497 e. The summed E-state index contributed by atoms with van der Waals surface area (Å²) < 4.78 is 5.33. The molecule has 2 aliphatic heterocycles. The molecule has 8 nitrogen and oxygen atoms in total. The number of carbonyl (C=O) groups excluding carboxylic acids is 3. The molecule has 1 saturated heterocycles. The summed E-state index contributed by atoms with van der Waals surface area (Å²) in [6.45, 7) is 1.32. The van der Waals surface area contributed by atoms with E-state index in [4.69, 9.17) is 4.74 Å². The number of aliphatic hydroxyl groups is 1. The third-order valence-electron chi connectivity index (χ3n) is 7.46. The largest absolute Gasteiger partial charge is 0.497 e. The molecular weight excluding hydrogens is 410 g/mol. The molecule has 3 N–H and O–H groups in total. The lowest BCUT2D eigenvalue weighted by atomic mass is 9.69. The number of ketones is 1. The summed E-state index contributed by atoms with van der Waals surface area (Å²) in [5.41, 5.74) is -0.926. The maximum absolute atomic E-state index is 13.9. The van der Waals surface area contributed by atoms with Crippen LogP contribution in [0.4, 0.5) is 4.79 Å². The molecule has 4 aliphatic rings. The van der Waals surface area contributed by atoms with Gasteiger partial charge >= 0.3 is 6.03 Å². The Morgan fingerprint density at radius 2 is 1.91 bits per heavy atom. The number of carbonyl (C=O) groups is 3. The predicted octanol–water partition coefficient (Wildman–Crippen LogP) is 1.87. The second-order valence-electron chi connectivity index (χ2n) is 9.61. The summed E-state index contributed by atoms with van der Waals surface area (Å²) in [4.78, 5) is 40.1. The highest BCUT2D eigenvalue weighted by Gasteiger charge is 2.55. The van der Waals surface area contributed by atoms with E-state index in [-0.39, 0.29) is 24.5 Å². The van der Waals surface area contributed by atoms with Gasteiger partial charge in [0.15, 0.2) is 5.78 Å². The van der Waals surface area contributed by atoms with Crippen LogP contribution in [0.25, 0.3) is 6.08 Å². The molecule has 8 heteroatoms. The first-order valence-corrected chi connectivity index (χ1v) is 11.3. The molecule has 1 aromatic rings. The summed E-state index contributed by atoms with van der Waals surface area (Å²) in [5, 5.41) is 16.9. The quantitative estimate of drug-likeness (QED) is 0.618. The Morgan fingerprint density at radius 1 is 1.16 bits per heavy atom. The summed E-state index contributed by atoms with van der Waals surface area (Å²) in [7, 11) is 1.59. The third-order valence-corrected chi connectivity index (χ3v) is 7.46. The maximum atomic E-state index is 13.9. The van der Waals surface area contributed by atoms with Gasteiger partial charge in [-0.15, -0.1) is 0 Å². The van der Waals surface area contributed by atoms with E-state index in [9.17, 15) is 19.5 Å². The average molecular weight is 440 g/mol. The number of urea groups is 1.